The molecule has 0 spiro atoms. The Balaban J connectivity index is 2.08. The average Bonchev–Trinajstić information content (AvgIpc) is 2.32. The van der Waals surface area contributed by atoms with Crippen molar-refractivity contribution in [3.05, 3.63) is 47.2 Å². The fraction of sp³-hybridized carbons (Fsp3) is 0.0909. The summed E-state index contributed by atoms with van der Waals surface area (Å²) >= 11 is 5.90. The third-order valence-electron chi connectivity index (χ3n) is 2.14. The summed E-state index contributed by atoms with van der Waals surface area (Å²) in [5, 5.41) is 11.5. The van der Waals surface area contributed by atoms with E-state index in [2.05, 4.69) is 15.5 Å². The van der Waals surface area contributed by atoms with Gasteiger partial charge in [-0.15, -0.1) is 0 Å². The molecule has 1 aromatic heterocycles. The standard InChI is InChI=1S/C11H11ClN4/c12-9-4-1-5-10(11(9)13)14-7-8-3-2-6-15-16-8/h1-6,14H,7,13H2. The number of halogens is 1. The van der Waals surface area contributed by atoms with Crippen LogP contribution in [0, 0.1) is 0 Å². The molecule has 0 saturated carbocycles. The summed E-state index contributed by atoms with van der Waals surface area (Å²) in [6.07, 6.45) is 1.64. The average molecular weight is 235 g/mol. The van der Waals surface area contributed by atoms with Crippen molar-refractivity contribution >= 4 is 23.0 Å². The number of nitrogens with one attached hydrogen (secondary N) is 1. The number of para-hydroxylation sites is 1. The first-order valence-electron chi connectivity index (χ1n) is 4.82. The minimum atomic E-state index is 0.546. The third-order valence-corrected chi connectivity index (χ3v) is 2.47. The number of anilines is 2. The number of hydrogen-bond donors (Lipinski definition) is 2. The van der Waals surface area contributed by atoms with Crippen LogP contribution in [0.4, 0.5) is 11.4 Å². The van der Waals surface area contributed by atoms with Crippen molar-refractivity contribution in [3.8, 4) is 0 Å². The predicted octanol–water partition coefficient (Wildman–Crippen LogP) is 2.32. The van der Waals surface area contributed by atoms with E-state index in [1.54, 1.807) is 12.3 Å². The smallest absolute Gasteiger partial charge is 0.0821 e. The van der Waals surface area contributed by atoms with Crippen LogP contribution in [-0.2, 0) is 6.54 Å². The van der Waals surface area contributed by atoms with Gasteiger partial charge in [0.15, 0.2) is 0 Å². The minimum absolute atomic E-state index is 0.546. The fourth-order valence-electron chi connectivity index (χ4n) is 1.30. The molecule has 0 aliphatic heterocycles. The van der Waals surface area contributed by atoms with Gasteiger partial charge < -0.3 is 11.1 Å². The van der Waals surface area contributed by atoms with Crippen molar-refractivity contribution in [2.45, 2.75) is 6.54 Å². The molecule has 2 aromatic rings. The molecule has 16 heavy (non-hydrogen) atoms. The van der Waals surface area contributed by atoms with Crippen molar-refractivity contribution in [3.63, 3.8) is 0 Å². The molecule has 3 N–H and O–H groups in total. The Kier molecular flexibility index (Phi) is 3.22. The van der Waals surface area contributed by atoms with E-state index < -0.39 is 0 Å². The number of aromatic nitrogens is 2. The molecule has 1 aromatic carbocycles. The van der Waals surface area contributed by atoms with Crippen LogP contribution in [0.2, 0.25) is 5.02 Å². The lowest BCUT2D eigenvalue weighted by Gasteiger charge is -2.09. The topological polar surface area (TPSA) is 63.8 Å². The maximum absolute atomic E-state index is 5.90. The number of nitrogen functional groups attached to an aromatic ring is 1. The van der Waals surface area contributed by atoms with Gasteiger partial charge in [-0.25, -0.2) is 0 Å². The molecule has 0 amide bonds. The summed E-state index contributed by atoms with van der Waals surface area (Å²) in [7, 11) is 0. The second-order valence-electron chi connectivity index (χ2n) is 3.27. The lowest BCUT2D eigenvalue weighted by Crippen LogP contribution is -2.04. The normalized spacial score (nSPS) is 10.1. The van der Waals surface area contributed by atoms with Crippen LogP contribution < -0.4 is 11.1 Å². The van der Waals surface area contributed by atoms with Gasteiger partial charge in [0, 0.05) is 6.20 Å². The highest BCUT2D eigenvalue weighted by molar-refractivity contribution is 6.33. The molecule has 4 nitrogen and oxygen atoms in total. The van der Waals surface area contributed by atoms with Gasteiger partial charge in [0.1, 0.15) is 0 Å². The van der Waals surface area contributed by atoms with Gasteiger partial charge in [-0.05, 0) is 24.3 Å². The predicted molar refractivity (Wildman–Crippen MR) is 65.2 cm³/mol. The van der Waals surface area contributed by atoms with E-state index in [4.69, 9.17) is 17.3 Å². The molecule has 82 valence electrons. The first-order chi connectivity index (χ1) is 7.77. The molecule has 2 rings (SSSR count). The van der Waals surface area contributed by atoms with Crippen LogP contribution in [0.1, 0.15) is 5.69 Å². The van der Waals surface area contributed by atoms with Crippen molar-refractivity contribution in [1.82, 2.24) is 10.2 Å². The number of hydrogen-bond acceptors (Lipinski definition) is 4. The molecule has 1 heterocycles. The summed E-state index contributed by atoms with van der Waals surface area (Å²) in [6, 6.07) is 9.20. The van der Waals surface area contributed by atoms with Crippen LogP contribution in [-0.4, -0.2) is 10.2 Å². The summed E-state index contributed by atoms with van der Waals surface area (Å²) < 4.78 is 0. The first-order valence-corrected chi connectivity index (χ1v) is 5.19. The molecular formula is C11H11ClN4. The van der Waals surface area contributed by atoms with Crippen molar-refractivity contribution in [2.24, 2.45) is 0 Å². The highest BCUT2D eigenvalue weighted by Gasteiger charge is 2.02. The number of nitrogens with two attached hydrogens (primary N) is 1. The maximum Gasteiger partial charge on any atom is 0.0821 e. The Labute approximate surface area is 98.5 Å². The largest absolute Gasteiger partial charge is 0.396 e. The molecular weight excluding hydrogens is 224 g/mol. The summed E-state index contributed by atoms with van der Waals surface area (Å²) in [5.74, 6) is 0. The van der Waals surface area contributed by atoms with Gasteiger partial charge in [-0.1, -0.05) is 17.7 Å². The van der Waals surface area contributed by atoms with Crippen LogP contribution in [0.15, 0.2) is 36.5 Å². The number of benzene rings is 1. The lowest BCUT2D eigenvalue weighted by molar-refractivity contribution is 0.925. The molecule has 0 bridgehead atoms. The van der Waals surface area contributed by atoms with E-state index in [-0.39, 0.29) is 0 Å². The Hall–Kier alpha value is -1.81. The van der Waals surface area contributed by atoms with E-state index in [9.17, 15) is 0 Å². The maximum atomic E-state index is 5.90. The van der Waals surface area contributed by atoms with Crippen LogP contribution >= 0.6 is 11.6 Å². The highest BCUT2D eigenvalue weighted by atomic mass is 35.5. The van der Waals surface area contributed by atoms with Crippen molar-refractivity contribution in [2.75, 3.05) is 11.1 Å². The van der Waals surface area contributed by atoms with Gasteiger partial charge in [-0.3, -0.25) is 0 Å². The third kappa shape index (κ3) is 2.41. The minimum Gasteiger partial charge on any atom is -0.396 e. The van der Waals surface area contributed by atoms with Crippen LogP contribution in [0.3, 0.4) is 0 Å². The molecule has 0 atom stereocenters. The quantitative estimate of drug-likeness (QED) is 0.800. The monoisotopic (exact) mass is 234 g/mol. The second-order valence-corrected chi connectivity index (χ2v) is 3.68. The SMILES string of the molecule is Nc1c(Cl)cccc1NCc1cccnn1. The van der Waals surface area contributed by atoms with Crippen LogP contribution in [0.5, 0.6) is 0 Å². The molecule has 5 heteroatoms. The summed E-state index contributed by atoms with van der Waals surface area (Å²) in [4.78, 5) is 0. The number of rotatable bonds is 3. The summed E-state index contributed by atoms with van der Waals surface area (Å²) in [5.41, 5.74) is 8.02. The molecule has 0 saturated heterocycles. The van der Waals surface area contributed by atoms with Crippen molar-refractivity contribution in [1.29, 1.82) is 0 Å². The van der Waals surface area contributed by atoms with Crippen LogP contribution in [0.25, 0.3) is 0 Å². The van der Waals surface area contributed by atoms with Gasteiger partial charge in [0.2, 0.25) is 0 Å². The van der Waals surface area contributed by atoms with E-state index in [0.717, 1.165) is 11.4 Å². The van der Waals surface area contributed by atoms with Gasteiger partial charge in [-0.2, -0.15) is 10.2 Å². The van der Waals surface area contributed by atoms with Crippen molar-refractivity contribution < 1.29 is 0 Å². The molecule has 0 fully saturated rings. The second kappa shape index (κ2) is 4.81. The Bertz CT molecular complexity index is 473. The molecule has 0 unspecified atom stereocenters. The Morgan fingerprint density at radius 3 is 2.88 bits per heavy atom. The van der Waals surface area contributed by atoms with E-state index in [1.807, 2.05) is 24.3 Å². The fourth-order valence-corrected chi connectivity index (χ4v) is 1.48. The molecule has 0 radical (unpaired) electrons. The van der Waals surface area contributed by atoms with Gasteiger partial charge in [0.05, 0.1) is 28.6 Å². The highest BCUT2D eigenvalue weighted by Crippen LogP contribution is 2.26. The summed E-state index contributed by atoms with van der Waals surface area (Å²) in [6.45, 7) is 0.568. The zero-order valence-corrected chi connectivity index (χ0v) is 9.28. The zero-order valence-electron chi connectivity index (χ0n) is 8.52. The Morgan fingerprint density at radius 2 is 2.12 bits per heavy atom. The van der Waals surface area contributed by atoms with Gasteiger partial charge in [0.25, 0.3) is 0 Å². The van der Waals surface area contributed by atoms with E-state index in [1.165, 1.54) is 0 Å². The van der Waals surface area contributed by atoms with Gasteiger partial charge >= 0.3 is 0 Å². The van der Waals surface area contributed by atoms with E-state index in [0.29, 0.717) is 17.3 Å². The molecule has 0 aliphatic carbocycles. The Morgan fingerprint density at radius 1 is 1.25 bits per heavy atom. The zero-order chi connectivity index (χ0) is 11.4. The molecule has 0 aliphatic rings. The first kappa shape index (κ1) is 10.7. The van der Waals surface area contributed by atoms with E-state index >= 15 is 0 Å². The number of nitrogens with zero attached hydrogens (tertiary/aromatic N) is 2. The lowest BCUT2D eigenvalue weighted by atomic mass is 10.2.